The fraction of sp³-hybridized carbons (Fsp3) is 0.333. The highest BCUT2D eigenvalue weighted by molar-refractivity contribution is 7.16. The van der Waals surface area contributed by atoms with E-state index in [4.69, 9.17) is 17.3 Å². The maximum absolute atomic E-state index is 5.93. The monoisotopic (exact) mass is 282 g/mol. The van der Waals surface area contributed by atoms with Crippen molar-refractivity contribution in [2.75, 3.05) is 17.7 Å². The van der Waals surface area contributed by atoms with Gasteiger partial charge in [-0.3, -0.25) is 0 Å². The molecule has 0 atom stereocenters. The molecule has 0 saturated carbocycles. The van der Waals surface area contributed by atoms with Gasteiger partial charge >= 0.3 is 0 Å². The first-order chi connectivity index (χ1) is 8.47. The van der Waals surface area contributed by atoms with Gasteiger partial charge in [0.1, 0.15) is 17.5 Å². The fourth-order valence-electron chi connectivity index (χ4n) is 1.75. The van der Waals surface area contributed by atoms with E-state index in [-0.39, 0.29) is 0 Å². The minimum absolute atomic E-state index is 0.536. The molecule has 0 spiro atoms. The Morgan fingerprint density at radius 2 is 2.06 bits per heavy atom. The number of thiophene rings is 1. The van der Waals surface area contributed by atoms with Crippen molar-refractivity contribution in [1.29, 1.82) is 0 Å². The second kappa shape index (κ2) is 5.12. The Morgan fingerprint density at radius 3 is 2.67 bits per heavy atom. The summed E-state index contributed by atoms with van der Waals surface area (Å²) < 4.78 is 0.800. The predicted octanol–water partition coefficient (Wildman–Crippen LogP) is 3.03. The Balaban J connectivity index is 2.26. The molecule has 0 aromatic carbocycles. The van der Waals surface area contributed by atoms with Gasteiger partial charge in [0.25, 0.3) is 0 Å². The maximum Gasteiger partial charge on any atom is 0.137 e. The van der Waals surface area contributed by atoms with Gasteiger partial charge in [-0.15, -0.1) is 11.3 Å². The standard InChI is InChI=1S/C12H15ClN4S/c1-7-11(14)15-8(2)16-12(7)17(3)6-9-4-5-10(13)18-9/h4-5H,6H2,1-3H3,(H2,14,15,16). The van der Waals surface area contributed by atoms with Gasteiger partial charge in [0.2, 0.25) is 0 Å². The first-order valence-electron chi connectivity index (χ1n) is 5.53. The van der Waals surface area contributed by atoms with Crippen molar-refractivity contribution in [2.24, 2.45) is 0 Å². The topological polar surface area (TPSA) is 55.0 Å². The molecule has 18 heavy (non-hydrogen) atoms. The number of nitrogens with zero attached hydrogens (tertiary/aromatic N) is 3. The van der Waals surface area contributed by atoms with Crippen molar-refractivity contribution in [1.82, 2.24) is 9.97 Å². The van der Waals surface area contributed by atoms with Crippen molar-refractivity contribution >= 4 is 34.6 Å². The van der Waals surface area contributed by atoms with E-state index in [1.165, 1.54) is 4.88 Å². The van der Waals surface area contributed by atoms with Gasteiger partial charge in [0.15, 0.2) is 0 Å². The molecule has 0 saturated heterocycles. The van der Waals surface area contributed by atoms with Crippen LogP contribution in [0, 0.1) is 13.8 Å². The quantitative estimate of drug-likeness (QED) is 0.940. The van der Waals surface area contributed by atoms with Crippen LogP contribution in [0.5, 0.6) is 0 Å². The summed E-state index contributed by atoms with van der Waals surface area (Å²) in [5.41, 5.74) is 6.77. The average molecular weight is 283 g/mol. The van der Waals surface area contributed by atoms with Crippen molar-refractivity contribution in [3.05, 3.63) is 32.7 Å². The summed E-state index contributed by atoms with van der Waals surface area (Å²) in [6.45, 7) is 4.53. The van der Waals surface area contributed by atoms with Crippen molar-refractivity contribution < 1.29 is 0 Å². The molecule has 2 N–H and O–H groups in total. The van der Waals surface area contributed by atoms with Gasteiger partial charge in [0, 0.05) is 17.5 Å². The summed E-state index contributed by atoms with van der Waals surface area (Å²) in [5.74, 6) is 2.09. The van der Waals surface area contributed by atoms with Crippen LogP contribution in [0.4, 0.5) is 11.6 Å². The third kappa shape index (κ3) is 2.73. The van der Waals surface area contributed by atoms with E-state index < -0.39 is 0 Å². The number of anilines is 2. The maximum atomic E-state index is 5.93. The average Bonchev–Trinajstić information content (AvgIpc) is 2.69. The molecule has 2 rings (SSSR count). The summed E-state index contributed by atoms with van der Waals surface area (Å²) in [6.07, 6.45) is 0. The molecule has 2 aromatic rings. The second-order valence-electron chi connectivity index (χ2n) is 4.17. The molecule has 0 bridgehead atoms. The number of nitrogens with two attached hydrogens (primary N) is 1. The molecular weight excluding hydrogens is 268 g/mol. The van der Waals surface area contributed by atoms with E-state index >= 15 is 0 Å². The van der Waals surface area contributed by atoms with Gasteiger partial charge in [-0.05, 0) is 26.0 Å². The van der Waals surface area contributed by atoms with Crippen LogP contribution in [0.15, 0.2) is 12.1 Å². The second-order valence-corrected chi connectivity index (χ2v) is 5.97. The van der Waals surface area contributed by atoms with Gasteiger partial charge in [-0.2, -0.15) is 0 Å². The number of nitrogen functional groups attached to an aromatic ring is 1. The van der Waals surface area contributed by atoms with E-state index in [0.717, 1.165) is 22.3 Å². The highest BCUT2D eigenvalue weighted by Gasteiger charge is 2.12. The molecule has 2 aromatic heterocycles. The molecule has 6 heteroatoms. The Bertz CT molecular complexity index is 567. The Hall–Kier alpha value is -1.33. The highest BCUT2D eigenvalue weighted by atomic mass is 35.5. The number of rotatable bonds is 3. The van der Waals surface area contributed by atoms with Crippen LogP contribution in [-0.2, 0) is 6.54 Å². The lowest BCUT2D eigenvalue weighted by atomic mass is 10.3. The summed E-state index contributed by atoms with van der Waals surface area (Å²) >= 11 is 7.50. The third-order valence-corrected chi connectivity index (χ3v) is 3.87. The van der Waals surface area contributed by atoms with Crippen LogP contribution in [0.25, 0.3) is 0 Å². The van der Waals surface area contributed by atoms with Crippen LogP contribution in [-0.4, -0.2) is 17.0 Å². The van der Waals surface area contributed by atoms with E-state index in [0.29, 0.717) is 11.6 Å². The Labute approximate surface area is 115 Å². The molecule has 0 fully saturated rings. The zero-order chi connectivity index (χ0) is 13.3. The SMILES string of the molecule is Cc1nc(N)c(C)c(N(C)Cc2ccc(Cl)s2)n1. The fourth-order valence-corrected chi connectivity index (χ4v) is 2.89. The molecule has 96 valence electrons. The number of aryl methyl sites for hydroxylation is 1. The lowest BCUT2D eigenvalue weighted by molar-refractivity contribution is 0.883. The Kier molecular flexibility index (Phi) is 3.73. The highest BCUT2D eigenvalue weighted by Crippen LogP contribution is 2.26. The van der Waals surface area contributed by atoms with E-state index in [9.17, 15) is 0 Å². The zero-order valence-electron chi connectivity index (χ0n) is 10.6. The van der Waals surface area contributed by atoms with Crippen LogP contribution >= 0.6 is 22.9 Å². The van der Waals surface area contributed by atoms with Crippen molar-refractivity contribution in [3.8, 4) is 0 Å². The molecule has 0 amide bonds. The largest absolute Gasteiger partial charge is 0.383 e. The lowest BCUT2D eigenvalue weighted by Gasteiger charge is -2.20. The van der Waals surface area contributed by atoms with Crippen molar-refractivity contribution in [2.45, 2.75) is 20.4 Å². The van der Waals surface area contributed by atoms with Crippen molar-refractivity contribution in [3.63, 3.8) is 0 Å². The van der Waals surface area contributed by atoms with Crippen LogP contribution < -0.4 is 10.6 Å². The van der Waals surface area contributed by atoms with Gasteiger partial charge in [-0.1, -0.05) is 11.6 Å². The molecule has 2 heterocycles. The first-order valence-corrected chi connectivity index (χ1v) is 6.73. The first kappa shape index (κ1) is 13.1. The molecule has 0 aliphatic heterocycles. The van der Waals surface area contributed by atoms with Gasteiger partial charge in [0.05, 0.1) is 10.9 Å². The van der Waals surface area contributed by atoms with E-state index in [1.807, 2.05) is 33.0 Å². The predicted molar refractivity (Wildman–Crippen MR) is 77.4 cm³/mol. The molecule has 0 radical (unpaired) electrons. The summed E-state index contributed by atoms with van der Waals surface area (Å²) in [5, 5.41) is 0. The summed E-state index contributed by atoms with van der Waals surface area (Å²) in [4.78, 5) is 11.8. The number of aromatic nitrogens is 2. The van der Waals surface area contributed by atoms with Crippen LogP contribution in [0.2, 0.25) is 4.34 Å². The summed E-state index contributed by atoms with van der Waals surface area (Å²) in [6, 6.07) is 3.93. The third-order valence-electron chi connectivity index (χ3n) is 2.65. The normalized spacial score (nSPS) is 10.7. The van der Waals surface area contributed by atoms with E-state index in [2.05, 4.69) is 14.9 Å². The molecule has 0 aliphatic carbocycles. The molecule has 0 aliphatic rings. The van der Waals surface area contributed by atoms with Crippen LogP contribution in [0.1, 0.15) is 16.3 Å². The summed E-state index contributed by atoms with van der Waals surface area (Å²) in [7, 11) is 1.99. The molecular formula is C12H15ClN4S. The molecule has 4 nitrogen and oxygen atoms in total. The smallest absolute Gasteiger partial charge is 0.137 e. The van der Waals surface area contributed by atoms with Crippen LogP contribution in [0.3, 0.4) is 0 Å². The molecule has 0 unspecified atom stereocenters. The lowest BCUT2D eigenvalue weighted by Crippen LogP contribution is -2.19. The van der Waals surface area contributed by atoms with Gasteiger partial charge in [-0.25, -0.2) is 9.97 Å². The minimum atomic E-state index is 0.536. The Morgan fingerprint density at radius 1 is 1.33 bits per heavy atom. The minimum Gasteiger partial charge on any atom is -0.383 e. The number of hydrogen-bond donors (Lipinski definition) is 1. The van der Waals surface area contributed by atoms with E-state index in [1.54, 1.807) is 11.3 Å². The number of hydrogen-bond acceptors (Lipinski definition) is 5. The zero-order valence-corrected chi connectivity index (χ0v) is 12.1. The number of halogens is 1. The van der Waals surface area contributed by atoms with Gasteiger partial charge < -0.3 is 10.6 Å².